The first-order chi connectivity index (χ1) is 5.74. The highest BCUT2D eigenvalue weighted by molar-refractivity contribution is 7.80. The maximum Gasteiger partial charge on any atom is 0.253 e. The molecule has 1 aliphatic rings. The second-order valence-electron chi connectivity index (χ2n) is 2.35. The quantitative estimate of drug-likeness (QED) is 0.251. The van der Waals surface area contributed by atoms with Gasteiger partial charge in [-0.15, -0.1) is 12.6 Å². The SMILES string of the molecule is NCCCN(N)C1=NOC(S)N1. The van der Waals surface area contributed by atoms with Gasteiger partial charge in [-0.25, -0.2) is 5.84 Å². The Morgan fingerprint density at radius 3 is 3.00 bits per heavy atom. The zero-order chi connectivity index (χ0) is 8.97. The van der Waals surface area contributed by atoms with Gasteiger partial charge in [0.05, 0.1) is 0 Å². The molecule has 0 saturated carbocycles. The van der Waals surface area contributed by atoms with Crippen LogP contribution in [0.15, 0.2) is 5.16 Å². The van der Waals surface area contributed by atoms with Crippen molar-refractivity contribution in [2.45, 2.75) is 12.0 Å². The minimum absolute atomic E-state index is 0.399. The van der Waals surface area contributed by atoms with Gasteiger partial charge in [-0.05, 0) is 18.1 Å². The smallest absolute Gasteiger partial charge is 0.253 e. The molecule has 0 spiro atoms. The number of guanidine groups is 1. The average Bonchev–Trinajstić information content (AvgIpc) is 2.47. The van der Waals surface area contributed by atoms with Crippen molar-refractivity contribution in [2.24, 2.45) is 16.7 Å². The van der Waals surface area contributed by atoms with E-state index >= 15 is 0 Å². The van der Waals surface area contributed by atoms with Crippen LogP contribution in [0.4, 0.5) is 0 Å². The summed E-state index contributed by atoms with van der Waals surface area (Å²) < 4.78 is 0. The Morgan fingerprint density at radius 2 is 2.50 bits per heavy atom. The number of hydrogen-bond acceptors (Lipinski definition) is 7. The fourth-order valence-electron chi connectivity index (χ4n) is 0.766. The van der Waals surface area contributed by atoms with Crippen molar-refractivity contribution in [2.75, 3.05) is 13.1 Å². The van der Waals surface area contributed by atoms with E-state index in [-0.39, 0.29) is 0 Å². The lowest BCUT2D eigenvalue weighted by molar-refractivity contribution is 0.139. The molecule has 1 aliphatic heterocycles. The molecule has 0 aromatic rings. The van der Waals surface area contributed by atoms with E-state index in [1.54, 1.807) is 0 Å². The van der Waals surface area contributed by atoms with Crippen LogP contribution in [0, 0.1) is 0 Å². The summed E-state index contributed by atoms with van der Waals surface area (Å²) in [6, 6.07) is 0. The molecule has 0 saturated heterocycles. The minimum atomic E-state index is -0.399. The Balaban J connectivity index is 2.28. The van der Waals surface area contributed by atoms with Gasteiger partial charge >= 0.3 is 0 Å². The first-order valence-corrected chi connectivity index (χ1v) is 4.16. The molecule has 12 heavy (non-hydrogen) atoms. The van der Waals surface area contributed by atoms with Crippen LogP contribution in [-0.2, 0) is 4.84 Å². The zero-order valence-corrected chi connectivity index (χ0v) is 7.50. The standard InChI is InChI=1S/C5H13N5OS/c6-2-1-3-10(7)4-8-5(12)11-9-4/h5,12H,1-3,6-7H2,(H,8,9). The van der Waals surface area contributed by atoms with Gasteiger partial charge in [-0.1, -0.05) is 0 Å². The van der Waals surface area contributed by atoms with E-state index in [9.17, 15) is 0 Å². The largest absolute Gasteiger partial charge is 0.356 e. The zero-order valence-electron chi connectivity index (χ0n) is 6.60. The molecule has 1 heterocycles. The van der Waals surface area contributed by atoms with Crippen LogP contribution in [0.5, 0.6) is 0 Å². The van der Waals surface area contributed by atoms with Gasteiger partial charge in [0.2, 0.25) is 5.56 Å². The Labute approximate surface area is 76.3 Å². The highest BCUT2D eigenvalue weighted by Crippen LogP contribution is 2.02. The normalized spacial score (nSPS) is 21.2. The Morgan fingerprint density at radius 1 is 1.75 bits per heavy atom. The predicted molar refractivity (Wildman–Crippen MR) is 49.0 cm³/mol. The number of rotatable bonds is 3. The first kappa shape index (κ1) is 9.43. The summed E-state index contributed by atoms with van der Waals surface area (Å²) in [6.45, 7) is 1.25. The van der Waals surface area contributed by atoms with Crippen LogP contribution in [0.25, 0.3) is 0 Å². The molecule has 6 nitrogen and oxygen atoms in total. The fourth-order valence-corrected chi connectivity index (χ4v) is 0.928. The molecule has 1 rings (SSSR count). The molecule has 0 bridgehead atoms. The summed E-state index contributed by atoms with van der Waals surface area (Å²) >= 11 is 3.98. The van der Waals surface area contributed by atoms with Crippen molar-refractivity contribution in [1.29, 1.82) is 0 Å². The number of hydrogen-bond donors (Lipinski definition) is 4. The Bertz CT molecular complexity index is 175. The highest BCUT2D eigenvalue weighted by Gasteiger charge is 2.18. The molecule has 0 amide bonds. The third-order valence-corrected chi connectivity index (χ3v) is 1.59. The van der Waals surface area contributed by atoms with Crippen LogP contribution < -0.4 is 16.9 Å². The third kappa shape index (κ3) is 2.43. The molecule has 1 atom stereocenters. The lowest BCUT2D eigenvalue weighted by atomic mass is 10.4. The summed E-state index contributed by atoms with van der Waals surface area (Å²) in [4.78, 5) is 4.75. The van der Waals surface area contributed by atoms with Gasteiger partial charge in [0, 0.05) is 6.54 Å². The highest BCUT2D eigenvalue weighted by atomic mass is 32.1. The molecule has 0 aromatic carbocycles. The van der Waals surface area contributed by atoms with E-state index < -0.39 is 5.56 Å². The van der Waals surface area contributed by atoms with Crippen LogP contribution >= 0.6 is 12.6 Å². The lowest BCUT2D eigenvalue weighted by Crippen LogP contribution is -2.45. The van der Waals surface area contributed by atoms with E-state index in [0.29, 0.717) is 19.0 Å². The molecule has 0 radical (unpaired) electrons. The maximum atomic E-state index is 5.60. The molecule has 5 N–H and O–H groups in total. The second-order valence-corrected chi connectivity index (χ2v) is 2.82. The maximum absolute atomic E-state index is 5.60. The summed E-state index contributed by atoms with van der Waals surface area (Å²) in [7, 11) is 0. The molecular formula is C5H13N5OS. The van der Waals surface area contributed by atoms with Gasteiger partial charge in [0.15, 0.2) is 0 Å². The van der Waals surface area contributed by atoms with Crippen LogP contribution in [0.1, 0.15) is 6.42 Å². The first-order valence-electron chi connectivity index (χ1n) is 3.65. The number of nitrogens with two attached hydrogens (primary N) is 2. The van der Waals surface area contributed by atoms with Gasteiger partial charge in [-0.2, -0.15) is 0 Å². The summed E-state index contributed by atoms with van der Waals surface area (Å²) in [5, 5.41) is 7.92. The average molecular weight is 191 g/mol. The van der Waals surface area contributed by atoms with Crippen molar-refractivity contribution >= 4 is 18.6 Å². The lowest BCUT2D eigenvalue weighted by Gasteiger charge is -2.16. The van der Waals surface area contributed by atoms with Crippen LogP contribution in [0.2, 0.25) is 0 Å². The number of nitrogens with one attached hydrogen (secondary N) is 1. The van der Waals surface area contributed by atoms with Crippen LogP contribution in [-0.4, -0.2) is 29.6 Å². The van der Waals surface area contributed by atoms with Gasteiger partial charge in [0.25, 0.3) is 5.96 Å². The van der Waals surface area contributed by atoms with Gasteiger partial charge < -0.3 is 15.9 Å². The molecule has 0 aliphatic carbocycles. The monoisotopic (exact) mass is 191 g/mol. The Kier molecular flexibility index (Phi) is 3.45. The number of thiol groups is 1. The molecular weight excluding hydrogens is 178 g/mol. The summed E-state index contributed by atoms with van der Waals surface area (Å²) in [5.41, 5.74) is 4.91. The fraction of sp³-hybridized carbons (Fsp3) is 0.800. The van der Waals surface area contributed by atoms with Gasteiger partial charge in [-0.3, -0.25) is 5.01 Å². The predicted octanol–water partition coefficient (Wildman–Crippen LogP) is -1.38. The topological polar surface area (TPSA) is 88.9 Å². The number of hydrazine groups is 1. The van der Waals surface area contributed by atoms with E-state index in [1.165, 1.54) is 5.01 Å². The van der Waals surface area contributed by atoms with E-state index in [0.717, 1.165) is 6.42 Å². The number of nitrogens with zero attached hydrogens (tertiary/aromatic N) is 2. The van der Waals surface area contributed by atoms with E-state index in [4.69, 9.17) is 16.4 Å². The number of oxime groups is 1. The molecule has 70 valence electrons. The van der Waals surface area contributed by atoms with E-state index in [1.807, 2.05) is 0 Å². The molecule has 1 unspecified atom stereocenters. The van der Waals surface area contributed by atoms with Crippen molar-refractivity contribution < 1.29 is 4.84 Å². The second kappa shape index (κ2) is 4.39. The summed E-state index contributed by atoms with van der Waals surface area (Å²) in [5.74, 6) is 6.09. The Hall–Kier alpha value is -0.660. The minimum Gasteiger partial charge on any atom is -0.356 e. The molecule has 0 aromatic heterocycles. The van der Waals surface area contributed by atoms with Crippen molar-refractivity contribution in [3.63, 3.8) is 0 Å². The van der Waals surface area contributed by atoms with Crippen molar-refractivity contribution in [3.8, 4) is 0 Å². The summed E-state index contributed by atoms with van der Waals surface area (Å²) in [6.07, 6.45) is 0.814. The molecule has 7 heteroatoms. The van der Waals surface area contributed by atoms with Crippen LogP contribution in [0.3, 0.4) is 0 Å². The van der Waals surface area contributed by atoms with Gasteiger partial charge in [0.1, 0.15) is 0 Å². The molecule has 0 fully saturated rings. The van der Waals surface area contributed by atoms with Crippen molar-refractivity contribution in [1.82, 2.24) is 10.3 Å². The van der Waals surface area contributed by atoms with Crippen molar-refractivity contribution in [3.05, 3.63) is 0 Å². The third-order valence-electron chi connectivity index (χ3n) is 1.37. The van der Waals surface area contributed by atoms with E-state index in [2.05, 4.69) is 23.1 Å².